The van der Waals surface area contributed by atoms with Gasteiger partial charge in [-0.3, -0.25) is 9.80 Å². The van der Waals surface area contributed by atoms with E-state index >= 15 is 0 Å². The summed E-state index contributed by atoms with van der Waals surface area (Å²) in [5, 5.41) is 9.97. The zero-order chi connectivity index (χ0) is 19.2. The van der Waals surface area contributed by atoms with Gasteiger partial charge in [0.2, 0.25) is 0 Å². The number of aliphatic hydroxyl groups excluding tert-OH is 1. The fraction of sp³-hybridized carbons (Fsp3) is 0.429. The molecule has 2 aromatic carbocycles. The third-order valence-corrected chi connectivity index (χ3v) is 5.43. The Hall–Kier alpha value is -1.66. The third kappa shape index (κ3) is 5.42. The molecule has 1 heterocycles. The van der Waals surface area contributed by atoms with Crippen molar-refractivity contribution in [1.82, 2.24) is 9.80 Å². The van der Waals surface area contributed by atoms with Crippen molar-refractivity contribution in [1.29, 1.82) is 0 Å². The van der Waals surface area contributed by atoms with Crippen LogP contribution in [0.5, 0.6) is 5.75 Å². The quantitative estimate of drug-likeness (QED) is 0.781. The molecular weight excluding hydrogens is 367 g/mol. The minimum Gasteiger partial charge on any atom is -0.497 e. The maximum Gasteiger partial charge on any atom is 0.124 e. The molecule has 146 valence electrons. The highest BCUT2D eigenvalue weighted by molar-refractivity contribution is 6.31. The van der Waals surface area contributed by atoms with Crippen LogP contribution in [0.25, 0.3) is 0 Å². The Balaban J connectivity index is 1.65. The number of hydrogen-bond donors (Lipinski definition) is 1. The lowest BCUT2D eigenvalue weighted by Crippen LogP contribution is -2.52. The number of nitrogens with zero attached hydrogens (tertiary/aromatic N) is 2. The lowest BCUT2D eigenvalue weighted by Gasteiger charge is -2.41. The average Bonchev–Trinajstić information content (AvgIpc) is 2.66. The Labute approximate surface area is 165 Å². The first kappa shape index (κ1) is 20.1. The van der Waals surface area contributed by atoms with Crippen LogP contribution < -0.4 is 4.74 Å². The molecule has 27 heavy (non-hydrogen) atoms. The number of rotatable bonds is 7. The maximum atomic E-state index is 13.3. The van der Waals surface area contributed by atoms with Crippen LogP contribution in [0.1, 0.15) is 17.5 Å². The first-order chi connectivity index (χ1) is 13.1. The van der Waals surface area contributed by atoms with Crippen molar-refractivity contribution < 1.29 is 14.2 Å². The monoisotopic (exact) mass is 392 g/mol. The number of hydrogen-bond acceptors (Lipinski definition) is 4. The number of aliphatic hydroxyl groups is 1. The molecule has 2 aromatic rings. The lowest BCUT2D eigenvalue weighted by molar-refractivity contribution is 0.0499. The molecule has 0 radical (unpaired) electrons. The van der Waals surface area contributed by atoms with Crippen molar-refractivity contribution in [2.75, 3.05) is 33.4 Å². The van der Waals surface area contributed by atoms with Gasteiger partial charge in [0.1, 0.15) is 11.6 Å². The molecule has 1 atom stereocenters. The maximum absolute atomic E-state index is 13.3. The van der Waals surface area contributed by atoms with Gasteiger partial charge in [-0.25, -0.2) is 4.39 Å². The lowest BCUT2D eigenvalue weighted by atomic mass is 10.1. The SMILES string of the molecule is COc1cccc(CN2CCN(Cc3ccc(F)cc3Cl)C[C@@H]2CCO)c1. The van der Waals surface area contributed by atoms with E-state index in [0.29, 0.717) is 11.6 Å². The molecular formula is C21H26ClFN2O2. The molecule has 0 unspecified atom stereocenters. The van der Waals surface area contributed by atoms with E-state index in [-0.39, 0.29) is 18.5 Å². The molecule has 0 bridgehead atoms. The van der Waals surface area contributed by atoms with Gasteiger partial charge >= 0.3 is 0 Å². The summed E-state index contributed by atoms with van der Waals surface area (Å²) in [6.45, 7) is 4.32. The van der Waals surface area contributed by atoms with Gasteiger partial charge in [-0.15, -0.1) is 0 Å². The Morgan fingerprint density at radius 3 is 2.78 bits per heavy atom. The van der Waals surface area contributed by atoms with Crippen LogP contribution >= 0.6 is 11.6 Å². The number of methoxy groups -OCH3 is 1. The largest absolute Gasteiger partial charge is 0.497 e. The predicted molar refractivity (Wildman–Crippen MR) is 106 cm³/mol. The summed E-state index contributed by atoms with van der Waals surface area (Å²) in [6, 6.07) is 12.9. The molecule has 1 N–H and O–H groups in total. The van der Waals surface area contributed by atoms with Gasteiger partial charge in [0, 0.05) is 50.4 Å². The molecule has 1 fully saturated rings. The van der Waals surface area contributed by atoms with Gasteiger partial charge in [-0.1, -0.05) is 29.8 Å². The number of ether oxygens (including phenoxy) is 1. The first-order valence-electron chi connectivity index (χ1n) is 9.23. The summed E-state index contributed by atoms with van der Waals surface area (Å²) >= 11 is 6.18. The smallest absolute Gasteiger partial charge is 0.124 e. The first-order valence-corrected chi connectivity index (χ1v) is 9.61. The molecule has 0 saturated carbocycles. The summed E-state index contributed by atoms with van der Waals surface area (Å²) in [7, 11) is 1.67. The van der Waals surface area contributed by atoms with Crippen LogP contribution in [0.3, 0.4) is 0 Å². The zero-order valence-electron chi connectivity index (χ0n) is 15.6. The molecule has 0 amide bonds. The van der Waals surface area contributed by atoms with Crippen LogP contribution in [0.15, 0.2) is 42.5 Å². The highest BCUT2D eigenvalue weighted by Crippen LogP contribution is 2.23. The molecule has 1 aliphatic heterocycles. The standard InChI is InChI=1S/C21H26ClFN2O2/c1-27-20-4-2-3-16(11-20)13-25-9-8-24(15-19(25)7-10-26)14-17-5-6-18(23)12-21(17)22/h2-6,11-12,19,26H,7-10,13-15H2,1H3/t19-/m0/s1. The molecule has 0 aliphatic carbocycles. The second-order valence-corrected chi connectivity index (χ2v) is 7.37. The fourth-order valence-electron chi connectivity index (χ4n) is 3.63. The van der Waals surface area contributed by atoms with Crippen LogP contribution in [0, 0.1) is 5.82 Å². The van der Waals surface area contributed by atoms with E-state index in [4.69, 9.17) is 16.3 Å². The highest BCUT2D eigenvalue weighted by Gasteiger charge is 2.27. The van der Waals surface area contributed by atoms with E-state index in [2.05, 4.69) is 21.9 Å². The van der Waals surface area contributed by atoms with Gasteiger partial charge in [-0.2, -0.15) is 0 Å². The highest BCUT2D eigenvalue weighted by atomic mass is 35.5. The van der Waals surface area contributed by atoms with Crippen LogP contribution in [-0.4, -0.2) is 54.3 Å². The van der Waals surface area contributed by atoms with E-state index in [9.17, 15) is 9.50 Å². The predicted octanol–water partition coefficient (Wildman–Crippen LogP) is 3.56. The Bertz CT molecular complexity index is 759. The van der Waals surface area contributed by atoms with E-state index in [1.165, 1.54) is 17.7 Å². The summed E-state index contributed by atoms with van der Waals surface area (Å²) in [5.74, 6) is 0.542. The van der Waals surface area contributed by atoms with Crippen LogP contribution in [-0.2, 0) is 13.1 Å². The Kier molecular flexibility index (Phi) is 7.07. The summed E-state index contributed by atoms with van der Waals surface area (Å²) < 4.78 is 18.6. The average molecular weight is 393 g/mol. The van der Waals surface area contributed by atoms with Gasteiger partial charge < -0.3 is 9.84 Å². The van der Waals surface area contributed by atoms with E-state index in [1.54, 1.807) is 13.2 Å². The molecule has 4 nitrogen and oxygen atoms in total. The Morgan fingerprint density at radius 1 is 1.19 bits per heavy atom. The topological polar surface area (TPSA) is 35.9 Å². The fourth-order valence-corrected chi connectivity index (χ4v) is 3.86. The summed E-state index contributed by atoms with van der Waals surface area (Å²) in [5.41, 5.74) is 2.13. The second-order valence-electron chi connectivity index (χ2n) is 6.96. The zero-order valence-corrected chi connectivity index (χ0v) is 16.3. The number of piperazine rings is 1. The normalized spacial score (nSPS) is 18.6. The molecule has 1 saturated heterocycles. The van der Waals surface area contributed by atoms with Gasteiger partial charge in [0.25, 0.3) is 0 Å². The van der Waals surface area contributed by atoms with Crippen molar-refractivity contribution >= 4 is 11.6 Å². The summed E-state index contributed by atoms with van der Waals surface area (Å²) in [6.07, 6.45) is 0.720. The molecule has 1 aliphatic rings. The van der Waals surface area contributed by atoms with E-state index in [0.717, 1.165) is 43.9 Å². The van der Waals surface area contributed by atoms with E-state index in [1.807, 2.05) is 12.1 Å². The van der Waals surface area contributed by atoms with E-state index < -0.39 is 0 Å². The molecule has 6 heteroatoms. The van der Waals surface area contributed by atoms with Crippen molar-refractivity contribution in [2.45, 2.75) is 25.6 Å². The van der Waals surface area contributed by atoms with Crippen molar-refractivity contribution in [2.24, 2.45) is 0 Å². The molecule has 0 spiro atoms. The van der Waals surface area contributed by atoms with Crippen molar-refractivity contribution in [3.63, 3.8) is 0 Å². The number of benzene rings is 2. The van der Waals surface area contributed by atoms with Gasteiger partial charge in [-0.05, 0) is 41.8 Å². The minimum absolute atomic E-state index is 0.157. The summed E-state index contributed by atoms with van der Waals surface area (Å²) in [4.78, 5) is 4.73. The minimum atomic E-state index is -0.315. The third-order valence-electron chi connectivity index (χ3n) is 5.08. The number of halogens is 2. The molecule has 3 rings (SSSR count). The Morgan fingerprint density at radius 2 is 2.04 bits per heavy atom. The second kappa shape index (κ2) is 9.51. The van der Waals surface area contributed by atoms with Crippen LogP contribution in [0.4, 0.5) is 4.39 Å². The van der Waals surface area contributed by atoms with Gasteiger partial charge in [0.05, 0.1) is 7.11 Å². The van der Waals surface area contributed by atoms with Crippen molar-refractivity contribution in [3.05, 3.63) is 64.4 Å². The van der Waals surface area contributed by atoms with Crippen LogP contribution in [0.2, 0.25) is 5.02 Å². The van der Waals surface area contributed by atoms with Crippen molar-refractivity contribution in [3.8, 4) is 5.75 Å². The molecule has 0 aromatic heterocycles. The van der Waals surface area contributed by atoms with Gasteiger partial charge in [0.15, 0.2) is 0 Å².